The number of unbranched alkanes of at least 4 members (excludes halogenated alkanes) is 2. The third-order valence-corrected chi connectivity index (χ3v) is 4.27. The lowest BCUT2D eigenvalue weighted by Crippen LogP contribution is -2.05. The Morgan fingerprint density at radius 2 is 2.14 bits per heavy atom. The van der Waals surface area contributed by atoms with Crippen molar-refractivity contribution in [3.05, 3.63) is 21.2 Å². The molecule has 0 spiro atoms. The number of nitrogen functional groups attached to an aromatic ring is 1. The van der Waals surface area contributed by atoms with Crippen molar-refractivity contribution in [3.63, 3.8) is 0 Å². The number of methoxy groups -OCH3 is 1. The lowest BCUT2D eigenvalue weighted by atomic mass is 10.1. The molecule has 0 aliphatic carbocycles. The van der Waals surface area contributed by atoms with Crippen molar-refractivity contribution < 1.29 is 13.9 Å². The Bertz CT molecular complexity index is 705. The number of carbonyl (C=O) groups excluding carboxylic acids is 1. The molecule has 0 aliphatic heterocycles. The van der Waals surface area contributed by atoms with Crippen LogP contribution in [0.3, 0.4) is 0 Å². The van der Waals surface area contributed by atoms with E-state index in [0.717, 1.165) is 24.1 Å². The molecule has 114 valence electrons. The first-order chi connectivity index (χ1) is 10.0. The molecular formula is C14H18N2O4S. The zero-order valence-electron chi connectivity index (χ0n) is 12.1. The molecular weight excluding hydrogens is 292 g/mol. The van der Waals surface area contributed by atoms with Gasteiger partial charge in [-0.3, -0.25) is 4.79 Å². The maximum absolute atomic E-state index is 11.9. The molecule has 0 aliphatic rings. The van der Waals surface area contributed by atoms with Gasteiger partial charge in [0.1, 0.15) is 10.2 Å². The summed E-state index contributed by atoms with van der Waals surface area (Å²) in [5.41, 5.74) is 5.87. The van der Waals surface area contributed by atoms with Crippen LogP contribution in [0.5, 0.6) is 0 Å². The summed E-state index contributed by atoms with van der Waals surface area (Å²) in [4.78, 5) is 28.7. The molecule has 0 unspecified atom stereocenters. The van der Waals surface area contributed by atoms with Crippen LogP contribution in [0.1, 0.15) is 36.5 Å². The van der Waals surface area contributed by atoms with E-state index in [4.69, 9.17) is 10.2 Å². The molecule has 0 radical (unpaired) electrons. The predicted molar refractivity (Wildman–Crippen MR) is 81.5 cm³/mol. The Hall–Kier alpha value is -1.89. The van der Waals surface area contributed by atoms with Gasteiger partial charge in [0, 0.05) is 17.7 Å². The van der Waals surface area contributed by atoms with Crippen molar-refractivity contribution in [2.24, 2.45) is 0 Å². The lowest BCUT2D eigenvalue weighted by Gasteiger charge is -2.00. The Labute approximate surface area is 125 Å². The van der Waals surface area contributed by atoms with Gasteiger partial charge >= 0.3 is 11.6 Å². The smallest absolute Gasteiger partial charge is 0.349 e. The summed E-state index contributed by atoms with van der Waals surface area (Å²) in [6.45, 7) is 1.85. The molecule has 0 saturated heterocycles. The lowest BCUT2D eigenvalue weighted by molar-refractivity contribution is -0.140. The van der Waals surface area contributed by atoms with Crippen LogP contribution in [0.15, 0.2) is 9.21 Å². The predicted octanol–water partition coefficient (Wildman–Crippen LogP) is 2.42. The van der Waals surface area contributed by atoms with E-state index in [-0.39, 0.29) is 5.97 Å². The van der Waals surface area contributed by atoms with E-state index in [1.807, 2.05) is 6.92 Å². The first-order valence-electron chi connectivity index (χ1n) is 6.78. The highest BCUT2D eigenvalue weighted by Crippen LogP contribution is 2.29. The Balaban J connectivity index is 1.97. The van der Waals surface area contributed by atoms with Crippen LogP contribution in [-0.4, -0.2) is 18.1 Å². The molecule has 0 saturated carbocycles. The van der Waals surface area contributed by atoms with E-state index < -0.39 is 5.63 Å². The molecule has 0 aromatic carbocycles. The molecule has 7 heteroatoms. The molecule has 0 amide bonds. The number of aromatic nitrogens is 1. The molecule has 2 heterocycles. The first kappa shape index (κ1) is 15.5. The maximum Gasteiger partial charge on any atom is 0.349 e. The van der Waals surface area contributed by atoms with Gasteiger partial charge in [-0.05, 0) is 19.8 Å². The van der Waals surface area contributed by atoms with Crippen molar-refractivity contribution in [2.75, 3.05) is 12.8 Å². The minimum absolute atomic E-state index is 0.203. The quantitative estimate of drug-likeness (QED) is 0.650. The van der Waals surface area contributed by atoms with Crippen molar-refractivity contribution in [3.8, 4) is 0 Å². The van der Waals surface area contributed by atoms with Crippen LogP contribution in [0.2, 0.25) is 0 Å². The summed E-state index contributed by atoms with van der Waals surface area (Å²) < 4.78 is 9.77. The molecule has 2 N–H and O–H groups in total. The molecule has 2 aromatic rings. The maximum atomic E-state index is 11.9. The standard InChI is InChI=1S/C14H18N2O4S/c1-8-12(15)11-13(21-8)16-9(20-14(11)18)6-4-3-5-7-10(17)19-2/h3-7,15H2,1-2H3. The normalized spacial score (nSPS) is 11.0. The fraction of sp³-hybridized carbons (Fsp3) is 0.500. The molecule has 0 atom stereocenters. The number of hydrogen-bond acceptors (Lipinski definition) is 7. The van der Waals surface area contributed by atoms with Gasteiger partial charge in [-0.1, -0.05) is 6.42 Å². The van der Waals surface area contributed by atoms with E-state index >= 15 is 0 Å². The molecule has 6 nitrogen and oxygen atoms in total. The van der Waals surface area contributed by atoms with Gasteiger partial charge in [-0.15, -0.1) is 11.3 Å². The Kier molecular flexibility index (Phi) is 4.95. The minimum atomic E-state index is -0.425. The second kappa shape index (κ2) is 6.71. The zero-order valence-corrected chi connectivity index (χ0v) is 12.9. The first-order valence-corrected chi connectivity index (χ1v) is 7.60. The Morgan fingerprint density at radius 1 is 1.38 bits per heavy atom. The molecule has 2 aromatic heterocycles. The fourth-order valence-electron chi connectivity index (χ4n) is 2.04. The average Bonchev–Trinajstić information content (AvgIpc) is 2.73. The van der Waals surface area contributed by atoms with Gasteiger partial charge < -0.3 is 14.9 Å². The topological polar surface area (TPSA) is 95.4 Å². The van der Waals surface area contributed by atoms with Crippen LogP contribution in [0.4, 0.5) is 5.69 Å². The number of fused-ring (bicyclic) bond motifs is 1. The number of ether oxygens (including phenoxy) is 1. The van der Waals surface area contributed by atoms with Gasteiger partial charge in [0.2, 0.25) is 0 Å². The summed E-state index contributed by atoms with van der Waals surface area (Å²) >= 11 is 1.40. The number of rotatable bonds is 6. The zero-order chi connectivity index (χ0) is 15.4. The van der Waals surface area contributed by atoms with Gasteiger partial charge in [-0.2, -0.15) is 0 Å². The number of anilines is 1. The monoisotopic (exact) mass is 310 g/mol. The number of hydrogen-bond donors (Lipinski definition) is 1. The van der Waals surface area contributed by atoms with Gasteiger partial charge in [-0.25, -0.2) is 9.78 Å². The summed E-state index contributed by atoms with van der Waals surface area (Å²) in [6.07, 6.45) is 3.39. The number of nitrogens with two attached hydrogens (primary N) is 1. The third-order valence-electron chi connectivity index (χ3n) is 3.25. The second-order valence-electron chi connectivity index (χ2n) is 4.78. The molecule has 21 heavy (non-hydrogen) atoms. The van der Waals surface area contributed by atoms with Crippen LogP contribution in [0, 0.1) is 6.92 Å². The number of aryl methyl sites for hydroxylation is 2. The summed E-state index contributed by atoms with van der Waals surface area (Å²) in [5, 5.41) is 0.381. The number of carbonyl (C=O) groups is 1. The van der Waals surface area contributed by atoms with Crippen molar-refractivity contribution in [1.82, 2.24) is 4.98 Å². The van der Waals surface area contributed by atoms with Gasteiger partial charge in [0.15, 0.2) is 5.89 Å². The van der Waals surface area contributed by atoms with Crippen LogP contribution >= 0.6 is 11.3 Å². The summed E-state index contributed by atoms with van der Waals surface area (Å²) in [7, 11) is 1.38. The molecule has 0 bridgehead atoms. The second-order valence-corrected chi connectivity index (χ2v) is 5.99. The van der Waals surface area contributed by atoms with Crippen LogP contribution in [-0.2, 0) is 16.0 Å². The summed E-state index contributed by atoms with van der Waals surface area (Å²) in [5.74, 6) is 0.220. The van der Waals surface area contributed by atoms with E-state index in [1.165, 1.54) is 18.4 Å². The van der Waals surface area contributed by atoms with Crippen LogP contribution in [0.25, 0.3) is 10.2 Å². The number of nitrogens with zero attached hydrogens (tertiary/aromatic N) is 1. The van der Waals surface area contributed by atoms with Crippen molar-refractivity contribution in [2.45, 2.75) is 39.0 Å². The highest BCUT2D eigenvalue weighted by atomic mass is 32.1. The number of esters is 1. The van der Waals surface area contributed by atoms with Crippen LogP contribution < -0.4 is 11.4 Å². The summed E-state index contributed by atoms with van der Waals surface area (Å²) in [6, 6.07) is 0. The minimum Gasteiger partial charge on any atom is -0.469 e. The average molecular weight is 310 g/mol. The highest BCUT2D eigenvalue weighted by molar-refractivity contribution is 7.19. The van der Waals surface area contributed by atoms with E-state index in [9.17, 15) is 9.59 Å². The molecule has 0 fully saturated rings. The SMILES string of the molecule is COC(=O)CCCCCc1nc2sc(C)c(N)c2c(=O)o1. The largest absolute Gasteiger partial charge is 0.469 e. The van der Waals surface area contributed by atoms with Gasteiger partial charge in [0.05, 0.1) is 12.8 Å². The van der Waals surface area contributed by atoms with E-state index in [0.29, 0.717) is 34.6 Å². The van der Waals surface area contributed by atoms with Gasteiger partial charge in [0.25, 0.3) is 0 Å². The van der Waals surface area contributed by atoms with Crippen molar-refractivity contribution in [1.29, 1.82) is 0 Å². The van der Waals surface area contributed by atoms with Crippen molar-refractivity contribution >= 4 is 33.2 Å². The number of thiophene rings is 1. The molecule has 2 rings (SSSR count). The Morgan fingerprint density at radius 3 is 2.86 bits per heavy atom. The fourth-order valence-corrected chi connectivity index (χ4v) is 2.99. The van der Waals surface area contributed by atoms with E-state index in [1.54, 1.807) is 0 Å². The third kappa shape index (κ3) is 3.60. The highest BCUT2D eigenvalue weighted by Gasteiger charge is 2.14. The van der Waals surface area contributed by atoms with E-state index in [2.05, 4.69) is 9.72 Å².